The normalized spacial score (nSPS) is 11.1. The minimum absolute atomic E-state index is 0.157. The van der Waals surface area contributed by atoms with Crippen LogP contribution >= 0.6 is 0 Å². The van der Waals surface area contributed by atoms with Crippen molar-refractivity contribution in [1.82, 2.24) is 19.9 Å². The molecule has 0 aliphatic heterocycles. The molecule has 2 amide bonds. The monoisotopic (exact) mass is 521 g/mol. The summed E-state index contributed by atoms with van der Waals surface area (Å²) in [7, 11) is 1.68. The molecule has 0 spiro atoms. The van der Waals surface area contributed by atoms with Crippen molar-refractivity contribution in [1.29, 1.82) is 0 Å². The Morgan fingerprint density at radius 1 is 0.949 bits per heavy atom. The summed E-state index contributed by atoms with van der Waals surface area (Å²) in [5, 5.41) is 4.99. The van der Waals surface area contributed by atoms with Crippen LogP contribution in [0.4, 0.5) is 10.1 Å². The Morgan fingerprint density at radius 3 is 2.44 bits per heavy atom. The number of anilines is 1. The van der Waals surface area contributed by atoms with Gasteiger partial charge in [0.2, 0.25) is 5.91 Å². The van der Waals surface area contributed by atoms with Crippen LogP contribution in [0.5, 0.6) is 0 Å². The van der Waals surface area contributed by atoms with E-state index < -0.39 is 0 Å². The van der Waals surface area contributed by atoms with E-state index in [1.807, 2.05) is 42.6 Å². The molecule has 5 aromatic rings. The fraction of sp³-hybridized carbons (Fsp3) is 0.161. The summed E-state index contributed by atoms with van der Waals surface area (Å²) in [6.07, 6.45) is 3.49. The van der Waals surface area contributed by atoms with Crippen LogP contribution in [0.25, 0.3) is 33.5 Å². The van der Waals surface area contributed by atoms with Gasteiger partial charge in [-0.1, -0.05) is 50.2 Å². The molecule has 0 unspecified atom stereocenters. The first-order chi connectivity index (χ1) is 18.8. The number of hydrogen-bond donors (Lipinski definition) is 2. The van der Waals surface area contributed by atoms with Crippen molar-refractivity contribution in [3.63, 3.8) is 0 Å². The zero-order valence-corrected chi connectivity index (χ0v) is 21.9. The topological polar surface area (TPSA) is 91.0 Å². The molecule has 0 aliphatic carbocycles. The van der Waals surface area contributed by atoms with Crippen LogP contribution in [0, 0.1) is 11.7 Å². The number of amides is 2. The van der Waals surface area contributed by atoms with Crippen LogP contribution in [0.1, 0.15) is 29.8 Å². The average Bonchev–Trinajstić information content (AvgIpc) is 3.44. The number of pyridine rings is 1. The second kappa shape index (κ2) is 10.9. The highest BCUT2D eigenvalue weighted by Crippen LogP contribution is 2.28. The second-order valence-electron chi connectivity index (χ2n) is 9.79. The number of nitrogens with zero attached hydrogens (tertiary/aromatic N) is 3. The third-order valence-corrected chi connectivity index (χ3v) is 6.41. The number of aromatic amines is 1. The molecule has 0 atom stereocenters. The summed E-state index contributed by atoms with van der Waals surface area (Å²) in [4.78, 5) is 39.8. The summed E-state index contributed by atoms with van der Waals surface area (Å²) in [6.45, 7) is 3.91. The van der Waals surface area contributed by atoms with E-state index in [1.54, 1.807) is 56.3 Å². The van der Waals surface area contributed by atoms with Gasteiger partial charge >= 0.3 is 0 Å². The fourth-order valence-electron chi connectivity index (χ4n) is 4.23. The molecular formula is C31H28FN5O2. The third kappa shape index (κ3) is 5.85. The van der Waals surface area contributed by atoms with Crippen molar-refractivity contribution in [2.75, 3.05) is 12.4 Å². The second-order valence-corrected chi connectivity index (χ2v) is 9.79. The van der Waals surface area contributed by atoms with Gasteiger partial charge in [0.1, 0.15) is 11.5 Å². The molecule has 5 rings (SSSR count). The highest BCUT2D eigenvalue weighted by Gasteiger charge is 2.18. The van der Waals surface area contributed by atoms with Crippen molar-refractivity contribution in [3.05, 3.63) is 102 Å². The summed E-state index contributed by atoms with van der Waals surface area (Å²) in [5.74, 6) is -0.364. The lowest BCUT2D eigenvalue weighted by Gasteiger charge is -2.19. The van der Waals surface area contributed by atoms with E-state index in [9.17, 15) is 14.0 Å². The molecule has 0 aliphatic rings. The molecule has 39 heavy (non-hydrogen) atoms. The van der Waals surface area contributed by atoms with Crippen molar-refractivity contribution >= 4 is 28.3 Å². The first-order valence-electron chi connectivity index (χ1n) is 12.6. The van der Waals surface area contributed by atoms with Crippen molar-refractivity contribution in [2.45, 2.75) is 20.4 Å². The molecule has 0 fully saturated rings. The van der Waals surface area contributed by atoms with E-state index in [4.69, 9.17) is 0 Å². The predicted octanol–water partition coefficient (Wildman–Crippen LogP) is 6.30. The van der Waals surface area contributed by atoms with Crippen LogP contribution < -0.4 is 5.32 Å². The molecule has 7 nitrogen and oxygen atoms in total. The number of aromatic nitrogens is 3. The molecule has 2 aromatic heterocycles. The number of carbonyl (C=O) groups is 2. The van der Waals surface area contributed by atoms with Gasteiger partial charge in [0.05, 0.1) is 11.9 Å². The number of fused-ring (bicyclic) bond motifs is 1. The molecule has 0 bridgehead atoms. The minimum Gasteiger partial charge on any atom is -0.337 e. The zero-order chi connectivity index (χ0) is 27.5. The number of hydrogen-bond acceptors (Lipinski definition) is 4. The Hall–Kier alpha value is -4.85. The SMILES string of the molecule is CC(C)C(=O)Nc1cc(C(=O)N(C)Cc2ccc(F)cc2)cc(-c2cnc(-c3cc4ccccc4cn3)[nH]2)c1. The van der Waals surface area contributed by atoms with E-state index in [-0.39, 0.29) is 23.5 Å². The van der Waals surface area contributed by atoms with Gasteiger partial charge in [0, 0.05) is 47.9 Å². The standard InChI is InChI=1S/C31H28FN5O2/c1-19(2)30(38)35-26-13-23(12-24(14-26)31(39)37(3)18-20-8-10-25(32)11-9-20)28-17-34-29(36-28)27-15-21-6-4-5-7-22(21)16-33-27/h4-17,19H,18H2,1-3H3,(H,34,36)(H,35,38). The maximum Gasteiger partial charge on any atom is 0.253 e. The summed E-state index contributed by atoms with van der Waals surface area (Å²) in [6, 6.07) is 21.2. The van der Waals surface area contributed by atoms with Crippen molar-refractivity contribution in [2.24, 2.45) is 5.92 Å². The first-order valence-corrected chi connectivity index (χ1v) is 12.6. The highest BCUT2D eigenvalue weighted by molar-refractivity contribution is 5.99. The number of benzene rings is 3. The molecular weight excluding hydrogens is 493 g/mol. The number of carbonyl (C=O) groups excluding carboxylic acids is 2. The van der Waals surface area contributed by atoms with Crippen LogP contribution in [-0.2, 0) is 11.3 Å². The fourth-order valence-corrected chi connectivity index (χ4v) is 4.23. The van der Waals surface area contributed by atoms with Crippen LogP contribution in [0.15, 0.2) is 85.2 Å². The zero-order valence-electron chi connectivity index (χ0n) is 21.9. The van der Waals surface area contributed by atoms with Crippen LogP contribution in [0.2, 0.25) is 0 Å². The maximum atomic E-state index is 13.4. The van der Waals surface area contributed by atoms with E-state index in [0.717, 1.165) is 16.3 Å². The Bertz CT molecular complexity index is 1660. The summed E-state index contributed by atoms with van der Waals surface area (Å²) < 4.78 is 13.3. The smallest absolute Gasteiger partial charge is 0.253 e. The molecule has 0 saturated carbocycles. The van der Waals surface area contributed by atoms with Gasteiger partial charge < -0.3 is 15.2 Å². The first kappa shape index (κ1) is 25.8. The van der Waals surface area contributed by atoms with Gasteiger partial charge in [-0.25, -0.2) is 9.37 Å². The van der Waals surface area contributed by atoms with Gasteiger partial charge in [-0.2, -0.15) is 0 Å². The van der Waals surface area contributed by atoms with Gasteiger partial charge in [-0.3, -0.25) is 14.6 Å². The summed E-state index contributed by atoms with van der Waals surface area (Å²) >= 11 is 0. The van der Waals surface area contributed by atoms with Gasteiger partial charge in [0.25, 0.3) is 5.91 Å². The number of nitrogens with one attached hydrogen (secondary N) is 2. The average molecular weight is 522 g/mol. The van der Waals surface area contributed by atoms with Crippen molar-refractivity contribution < 1.29 is 14.0 Å². The molecule has 196 valence electrons. The van der Waals surface area contributed by atoms with Gasteiger partial charge in [-0.05, 0) is 47.3 Å². The minimum atomic E-state index is -0.330. The number of rotatable bonds is 7. The Labute approximate surface area is 225 Å². The van der Waals surface area contributed by atoms with Crippen molar-refractivity contribution in [3.8, 4) is 22.8 Å². The number of H-pyrrole nitrogens is 1. The lowest BCUT2D eigenvalue weighted by Crippen LogP contribution is -2.26. The Kier molecular flexibility index (Phi) is 7.19. The van der Waals surface area contributed by atoms with E-state index in [0.29, 0.717) is 40.6 Å². The van der Waals surface area contributed by atoms with Crippen LogP contribution in [0.3, 0.4) is 0 Å². The molecule has 2 N–H and O–H groups in total. The Morgan fingerprint density at radius 2 is 1.69 bits per heavy atom. The summed E-state index contributed by atoms with van der Waals surface area (Å²) in [5.41, 5.74) is 3.77. The molecule has 2 heterocycles. The number of halogens is 1. The van der Waals surface area contributed by atoms with Gasteiger partial charge in [-0.15, -0.1) is 0 Å². The van der Waals surface area contributed by atoms with Gasteiger partial charge in [0.15, 0.2) is 5.82 Å². The van der Waals surface area contributed by atoms with E-state index in [1.165, 1.54) is 12.1 Å². The molecule has 0 radical (unpaired) electrons. The Balaban J connectivity index is 1.47. The van der Waals surface area contributed by atoms with E-state index >= 15 is 0 Å². The molecule has 0 saturated heterocycles. The maximum absolute atomic E-state index is 13.4. The third-order valence-electron chi connectivity index (χ3n) is 6.41. The van der Waals surface area contributed by atoms with Crippen LogP contribution in [-0.4, -0.2) is 38.7 Å². The molecule has 3 aromatic carbocycles. The molecule has 8 heteroatoms. The lowest BCUT2D eigenvalue weighted by atomic mass is 10.0. The predicted molar refractivity (Wildman–Crippen MR) is 150 cm³/mol. The lowest BCUT2D eigenvalue weighted by molar-refractivity contribution is -0.118. The van der Waals surface area contributed by atoms with E-state index in [2.05, 4.69) is 20.3 Å². The highest BCUT2D eigenvalue weighted by atomic mass is 19.1. The quantitative estimate of drug-likeness (QED) is 0.263. The largest absolute Gasteiger partial charge is 0.337 e. The number of imidazole rings is 1.